The molecule has 0 bridgehead atoms. The van der Waals surface area contributed by atoms with Gasteiger partial charge in [-0.1, -0.05) is 72.0 Å². The van der Waals surface area contributed by atoms with E-state index < -0.39 is 0 Å². The number of aromatic nitrogens is 5. The van der Waals surface area contributed by atoms with Gasteiger partial charge in [0, 0.05) is 5.56 Å². The fourth-order valence-electron chi connectivity index (χ4n) is 3.26. The second-order valence-corrected chi connectivity index (χ2v) is 7.48. The number of carbonyl (C=O) groups excluding carboxylic acids is 1. The molecule has 5 rings (SSSR count). The normalized spacial score (nSPS) is 10.9. The first-order chi connectivity index (χ1) is 14.8. The molecule has 146 valence electrons. The van der Waals surface area contributed by atoms with Crippen LogP contribution in [0.1, 0.15) is 15.9 Å². The quantitative estimate of drug-likeness (QED) is 0.466. The Balaban J connectivity index is 1.63. The maximum absolute atomic E-state index is 13.0. The molecule has 7 nitrogen and oxygen atoms in total. The Labute approximate surface area is 176 Å². The summed E-state index contributed by atoms with van der Waals surface area (Å²) < 4.78 is 1.82. The minimum Gasteiger partial charge on any atom is -0.296 e. The van der Waals surface area contributed by atoms with Crippen LogP contribution in [0.2, 0.25) is 0 Å². The van der Waals surface area contributed by atoms with E-state index in [4.69, 9.17) is 4.98 Å². The van der Waals surface area contributed by atoms with Crippen molar-refractivity contribution in [1.82, 2.24) is 25.0 Å². The molecular weight excluding hydrogens is 396 g/mol. The summed E-state index contributed by atoms with van der Waals surface area (Å²) in [4.78, 5) is 17.9. The lowest BCUT2D eigenvalue weighted by molar-refractivity contribution is 0.102. The van der Waals surface area contributed by atoms with Crippen molar-refractivity contribution in [2.24, 2.45) is 0 Å². The van der Waals surface area contributed by atoms with Crippen molar-refractivity contribution in [3.63, 3.8) is 0 Å². The second kappa shape index (κ2) is 7.84. The SMILES string of the molecule is O=C(Nc1nncs1)c1cc(-c2ccccc2)nc2c1cnn2Cc1ccccc1. The summed E-state index contributed by atoms with van der Waals surface area (Å²) in [6.45, 7) is 0.563. The lowest BCUT2D eigenvalue weighted by Crippen LogP contribution is -2.13. The molecule has 3 aromatic heterocycles. The highest BCUT2D eigenvalue weighted by atomic mass is 32.1. The van der Waals surface area contributed by atoms with E-state index >= 15 is 0 Å². The van der Waals surface area contributed by atoms with Crippen molar-refractivity contribution in [2.75, 3.05) is 5.32 Å². The molecule has 0 aliphatic rings. The van der Waals surface area contributed by atoms with Crippen molar-refractivity contribution < 1.29 is 4.79 Å². The molecule has 30 heavy (non-hydrogen) atoms. The number of benzene rings is 2. The number of fused-ring (bicyclic) bond motifs is 1. The molecular formula is C22H16N6OS. The smallest absolute Gasteiger partial charge is 0.258 e. The van der Waals surface area contributed by atoms with E-state index in [1.165, 1.54) is 11.3 Å². The fourth-order valence-corrected chi connectivity index (χ4v) is 3.70. The summed E-state index contributed by atoms with van der Waals surface area (Å²) in [5.74, 6) is -0.268. The lowest BCUT2D eigenvalue weighted by Gasteiger charge is -2.09. The summed E-state index contributed by atoms with van der Waals surface area (Å²) in [6, 6.07) is 21.6. The van der Waals surface area contributed by atoms with Crippen LogP contribution in [0.25, 0.3) is 22.3 Å². The van der Waals surface area contributed by atoms with E-state index in [0.717, 1.165) is 11.1 Å². The first-order valence-corrected chi connectivity index (χ1v) is 10.2. The van der Waals surface area contributed by atoms with Crippen LogP contribution >= 0.6 is 11.3 Å². The van der Waals surface area contributed by atoms with Crippen LogP contribution in [-0.4, -0.2) is 30.9 Å². The number of pyridine rings is 1. The number of carbonyl (C=O) groups is 1. The molecule has 2 aromatic carbocycles. The molecule has 8 heteroatoms. The molecule has 0 saturated heterocycles. The summed E-state index contributed by atoms with van der Waals surface area (Å²) in [7, 11) is 0. The van der Waals surface area contributed by atoms with Crippen LogP contribution in [0, 0.1) is 0 Å². The second-order valence-electron chi connectivity index (χ2n) is 6.64. The van der Waals surface area contributed by atoms with Gasteiger partial charge in [-0.3, -0.25) is 10.1 Å². The number of anilines is 1. The highest BCUT2D eigenvalue weighted by Gasteiger charge is 2.18. The van der Waals surface area contributed by atoms with Crippen LogP contribution in [0.5, 0.6) is 0 Å². The van der Waals surface area contributed by atoms with Crippen molar-refractivity contribution in [3.8, 4) is 11.3 Å². The summed E-state index contributed by atoms with van der Waals surface area (Å²) in [5, 5.41) is 16.1. The zero-order valence-corrected chi connectivity index (χ0v) is 16.6. The van der Waals surface area contributed by atoms with Gasteiger partial charge in [-0.25, -0.2) is 9.67 Å². The topological polar surface area (TPSA) is 85.6 Å². The van der Waals surface area contributed by atoms with E-state index in [1.807, 2.05) is 65.3 Å². The third-order valence-electron chi connectivity index (χ3n) is 4.68. The first kappa shape index (κ1) is 18.1. The van der Waals surface area contributed by atoms with Gasteiger partial charge in [0.25, 0.3) is 5.91 Å². The number of nitrogens with zero attached hydrogens (tertiary/aromatic N) is 5. The van der Waals surface area contributed by atoms with Gasteiger partial charge >= 0.3 is 0 Å². The number of nitrogens with one attached hydrogen (secondary N) is 1. The van der Waals surface area contributed by atoms with Gasteiger partial charge in [-0.15, -0.1) is 10.2 Å². The van der Waals surface area contributed by atoms with E-state index in [0.29, 0.717) is 34.0 Å². The highest BCUT2D eigenvalue weighted by Crippen LogP contribution is 2.26. The van der Waals surface area contributed by atoms with Crippen LogP contribution in [-0.2, 0) is 6.54 Å². The van der Waals surface area contributed by atoms with Crippen molar-refractivity contribution in [3.05, 3.63) is 89.6 Å². The molecule has 3 heterocycles. The Morgan fingerprint density at radius 3 is 2.53 bits per heavy atom. The number of rotatable bonds is 5. The minimum atomic E-state index is -0.268. The number of hydrogen-bond acceptors (Lipinski definition) is 6. The predicted molar refractivity (Wildman–Crippen MR) is 116 cm³/mol. The maximum atomic E-state index is 13.0. The molecule has 5 aromatic rings. The molecule has 0 saturated carbocycles. The van der Waals surface area contributed by atoms with Crippen LogP contribution in [0.15, 0.2) is 78.4 Å². The summed E-state index contributed by atoms with van der Waals surface area (Å²) in [6.07, 6.45) is 1.69. The standard InChI is InChI=1S/C22H16N6OS/c29-21(26-22-27-23-14-30-22)17-11-19(16-9-5-2-6-10-16)25-20-18(17)12-24-28(20)13-15-7-3-1-4-8-15/h1-12,14H,13H2,(H,26,27,29). The van der Waals surface area contributed by atoms with E-state index in [2.05, 4.69) is 20.6 Å². The highest BCUT2D eigenvalue weighted by molar-refractivity contribution is 7.13. The van der Waals surface area contributed by atoms with E-state index in [-0.39, 0.29) is 5.91 Å². The van der Waals surface area contributed by atoms with Gasteiger partial charge in [0.2, 0.25) is 5.13 Å². The Kier molecular flexibility index (Phi) is 4.74. The third kappa shape index (κ3) is 3.56. The Morgan fingerprint density at radius 2 is 1.80 bits per heavy atom. The zero-order chi connectivity index (χ0) is 20.3. The average Bonchev–Trinajstić information content (AvgIpc) is 3.45. The zero-order valence-electron chi connectivity index (χ0n) is 15.8. The molecule has 1 amide bonds. The summed E-state index contributed by atoms with van der Waals surface area (Å²) in [5.41, 5.74) is 5.47. The maximum Gasteiger partial charge on any atom is 0.258 e. The Morgan fingerprint density at radius 1 is 1.03 bits per heavy atom. The van der Waals surface area contributed by atoms with Gasteiger partial charge in [-0.2, -0.15) is 5.10 Å². The summed E-state index contributed by atoms with van der Waals surface area (Å²) >= 11 is 1.27. The van der Waals surface area contributed by atoms with E-state index in [9.17, 15) is 4.79 Å². The molecule has 0 aliphatic carbocycles. The molecule has 0 spiro atoms. The first-order valence-electron chi connectivity index (χ1n) is 9.31. The average molecular weight is 412 g/mol. The molecule has 0 unspecified atom stereocenters. The molecule has 0 atom stereocenters. The number of hydrogen-bond donors (Lipinski definition) is 1. The van der Waals surface area contributed by atoms with Gasteiger partial charge in [0.1, 0.15) is 5.51 Å². The Bertz CT molecular complexity index is 1300. The van der Waals surface area contributed by atoms with Crippen molar-refractivity contribution in [1.29, 1.82) is 0 Å². The molecule has 0 aliphatic heterocycles. The minimum absolute atomic E-state index is 0.268. The molecule has 0 fully saturated rings. The van der Waals surface area contributed by atoms with Crippen molar-refractivity contribution in [2.45, 2.75) is 6.54 Å². The van der Waals surface area contributed by atoms with Gasteiger partial charge in [-0.05, 0) is 11.6 Å². The Hall–Kier alpha value is -3.91. The lowest BCUT2D eigenvalue weighted by atomic mass is 10.1. The fraction of sp³-hybridized carbons (Fsp3) is 0.0455. The van der Waals surface area contributed by atoms with Crippen LogP contribution in [0.4, 0.5) is 5.13 Å². The molecule has 0 radical (unpaired) electrons. The van der Waals surface area contributed by atoms with Crippen molar-refractivity contribution >= 4 is 33.4 Å². The number of amides is 1. The third-order valence-corrected chi connectivity index (χ3v) is 5.29. The van der Waals surface area contributed by atoms with Gasteiger partial charge < -0.3 is 0 Å². The van der Waals surface area contributed by atoms with Gasteiger partial charge in [0.05, 0.1) is 29.4 Å². The largest absolute Gasteiger partial charge is 0.296 e. The van der Waals surface area contributed by atoms with Gasteiger partial charge in [0.15, 0.2) is 5.65 Å². The van der Waals surface area contributed by atoms with Crippen LogP contribution in [0.3, 0.4) is 0 Å². The monoisotopic (exact) mass is 412 g/mol. The van der Waals surface area contributed by atoms with E-state index in [1.54, 1.807) is 17.8 Å². The van der Waals surface area contributed by atoms with Crippen LogP contribution < -0.4 is 5.32 Å². The molecule has 1 N–H and O–H groups in total. The predicted octanol–water partition coefficient (Wildman–Crippen LogP) is 4.25.